The smallest absolute Gasteiger partial charge is 0.0771 e. The third-order valence-corrected chi connectivity index (χ3v) is 3.08. The average Bonchev–Trinajstić information content (AvgIpc) is 3.18. The Morgan fingerprint density at radius 2 is 1.17 bits per heavy atom. The molecule has 24 heavy (non-hydrogen) atoms. The monoisotopic (exact) mass is 558 g/mol. The van der Waals surface area contributed by atoms with Gasteiger partial charge in [-0.3, -0.25) is 0 Å². The number of halogens is 3. The summed E-state index contributed by atoms with van der Waals surface area (Å²) in [7, 11) is 0. The molecule has 4 aromatic carbocycles. The summed E-state index contributed by atoms with van der Waals surface area (Å²) in [5.41, 5.74) is 0. The number of rotatable bonds is 0. The van der Waals surface area contributed by atoms with Crippen LogP contribution in [0, 0.1) is 0 Å². The molecule has 0 aliphatic carbocycles. The van der Waals surface area contributed by atoms with Crippen LogP contribution in [0.5, 0.6) is 0 Å². The SMILES string of the molecule is C[Si](Cl)=[Hf+2].[Cl-].[Cl-].c1cc[cH-]c1.c1ccc2c(c1)[cH-]c1ccccc12. The van der Waals surface area contributed by atoms with E-state index >= 15 is 0 Å². The van der Waals surface area contributed by atoms with Gasteiger partial charge in [-0.2, -0.15) is 18.2 Å². The zero-order valence-corrected chi connectivity index (χ0v) is 20.1. The zero-order valence-electron chi connectivity index (χ0n) is 13.2. The van der Waals surface area contributed by atoms with Gasteiger partial charge >= 0.3 is 45.4 Å². The maximum Gasteiger partial charge on any atom is -0.0771 e. The predicted molar refractivity (Wildman–Crippen MR) is 96.6 cm³/mol. The molecular weight excluding hydrogens is 541 g/mol. The second-order valence-electron chi connectivity index (χ2n) is 4.81. The molecule has 0 fully saturated rings. The molecule has 0 nitrogen and oxygen atoms in total. The van der Waals surface area contributed by atoms with Gasteiger partial charge in [-0.05, 0) is 0 Å². The first-order valence-electron chi connectivity index (χ1n) is 7.09. The van der Waals surface area contributed by atoms with Crippen LogP contribution in [-0.4, -0.2) is 4.80 Å². The summed E-state index contributed by atoms with van der Waals surface area (Å²) >= 11 is 6.65. The summed E-state index contributed by atoms with van der Waals surface area (Å²) in [6.07, 6.45) is 0. The Kier molecular flexibility index (Phi) is 12.7. The Morgan fingerprint density at radius 3 is 1.50 bits per heavy atom. The maximum absolute atomic E-state index is 5.44. The molecule has 0 saturated heterocycles. The minimum Gasteiger partial charge on any atom is -1.00 e. The van der Waals surface area contributed by atoms with E-state index in [9.17, 15) is 0 Å². The van der Waals surface area contributed by atoms with Crippen molar-refractivity contribution in [3.8, 4) is 0 Å². The van der Waals surface area contributed by atoms with Gasteiger partial charge in [-0.25, -0.2) is 12.1 Å². The minimum absolute atomic E-state index is 0. The van der Waals surface area contributed by atoms with Crippen molar-refractivity contribution >= 4 is 37.4 Å². The molecule has 0 saturated carbocycles. The van der Waals surface area contributed by atoms with Crippen LogP contribution in [-0.2, 0) is 23.0 Å². The van der Waals surface area contributed by atoms with Gasteiger partial charge in [-0.1, -0.05) is 36.4 Å². The van der Waals surface area contributed by atoms with Crippen LogP contribution in [0.3, 0.4) is 0 Å². The van der Waals surface area contributed by atoms with E-state index in [2.05, 4.69) is 61.1 Å². The minimum atomic E-state index is -0.269. The Labute approximate surface area is 175 Å². The van der Waals surface area contributed by atoms with Gasteiger partial charge in [0, 0.05) is 0 Å². The normalized spacial score (nSPS) is 8.83. The molecule has 0 spiro atoms. The molecule has 0 N–H and O–H groups in total. The van der Waals surface area contributed by atoms with Crippen molar-refractivity contribution in [2.24, 2.45) is 0 Å². The number of benzene rings is 2. The Hall–Kier alpha value is -0.383. The van der Waals surface area contributed by atoms with E-state index in [4.69, 9.17) is 11.1 Å². The fourth-order valence-corrected chi connectivity index (χ4v) is 2.22. The maximum atomic E-state index is 5.44. The van der Waals surface area contributed by atoms with Gasteiger partial charge in [0.1, 0.15) is 0 Å². The standard InChI is InChI=1S/C13H9.C5H5.CH3ClSi.2ClH.Hf/c1-3-7-12-10(5-1)9-11-6-2-4-8-13(11)12;1-2-4-5-3-1;1-3-2;;;/h1-9H;1-5H;1H3;2*1H;/q2*-1;;;;+2/p-2. The topological polar surface area (TPSA) is 0 Å². The van der Waals surface area contributed by atoms with Crippen molar-refractivity contribution in [3.05, 3.63) is 84.9 Å². The fourth-order valence-electron chi connectivity index (χ4n) is 2.22. The van der Waals surface area contributed by atoms with E-state index in [1.807, 2.05) is 30.3 Å². The second-order valence-corrected chi connectivity index (χ2v) is 19.1. The largest absolute Gasteiger partial charge is 1.00 e. The first kappa shape index (κ1) is 23.6. The van der Waals surface area contributed by atoms with E-state index in [1.54, 1.807) is 0 Å². The Bertz CT molecular complexity index is 766. The summed E-state index contributed by atoms with van der Waals surface area (Å²) < 4.78 is 0. The molecular formula is C19H17Cl3HfSi-2. The molecule has 0 radical (unpaired) electrons. The van der Waals surface area contributed by atoms with E-state index in [-0.39, 0.29) is 29.6 Å². The molecule has 0 aliphatic heterocycles. The summed E-state index contributed by atoms with van der Waals surface area (Å²) in [4.78, 5) is -0.269. The van der Waals surface area contributed by atoms with Crippen molar-refractivity contribution in [1.29, 1.82) is 0 Å². The molecule has 5 heteroatoms. The van der Waals surface area contributed by atoms with E-state index in [0.29, 0.717) is 0 Å². The number of hydrogen-bond acceptors (Lipinski definition) is 0. The van der Waals surface area contributed by atoms with E-state index in [1.165, 1.54) is 44.5 Å². The number of fused-ring (bicyclic) bond motifs is 3. The molecule has 0 amide bonds. The average molecular weight is 558 g/mol. The van der Waals surface area contributed by atoms with Crippen molar-refractivity contribution in [2.45, 2.75) is 6.55 Å². The Balaban J connectivity index is 0.000000409. The van der Waals surface area contributed by atoms with Gasteiger partial charge in [0.05, 0.1) is 0 Å². The zero-order chi connectivity index (χ0) is 15.8. The van der Waals surface area contributed by atoms with Crippen LogP contribution in [0.25, 0.3) is 21.5 Å². The molecule has 4 rings (SSSR count). The third-order valence-electron chi connectivity index (χ3n) is 3.08. The number of hydrogen-bond donors (Lipinski definition) is 0. The molecule has 0 bridgehead atoms. The van der Waals surface area contributed by atoms with Crippen molar-refractivity contribution in [2.75, 3.05) is 0 Å². The first-order chi connectivity index (χ1) is 10.7. The molecule has 0 unspecified atom stereocenters. The van der Waals surface area contributed by atoms with Crippen LogP contribution in [0.1, 0.15) is 0 Å². The van der Waals surface area contributed by atoms with Gasteiger partial charge in [0.15, 0.2) is 0 Å². The molecule has 0 aliphatic rings. The van der Waals surface area contributed by atoms with Crippen LogP contribution in [0.4, 0.5) is 0 Å². The molecule has 0 heterocycles. The van der Waals surface area contributed by atoms with Crippen LogP contribution < -0.4 is 24.8 Å². The van der Waals surface area contributed by atoms with Crippen molar-refractivity contribution in [3.63, 3.8) is 0 Å². The van der Waals surface area contributed by atoms with Gasteiger partial charge in [0.25, 0.3) is 0 Å². The summed E-state index contributed by atoms with van der Waals surface area (Å²) in [6, 6.07) is 29.3. The van der Waals surface area contributed by atoms with Gasteiger partial charge in [-0.15, -0.1) is 39.7 Å². The van der Waals surface area contributed by atoms with Gasteiger partial charge < -0.3 is 24.8 Å². The third kappa shape index (κ3) is 7.67. The quantitative estimate of drug-likeness (QED) is 0.162. The second kappa shape index (κ2) is 12.9. The van der Waals surface area contributed by atoms with E-state index < -0.39 is 0 Å². The fraction of sp³-hybridized carbons (Fsp3) is 0.0526. The van der Waals surface area contributed by atoms with Crippen LogP contribution in [0.2, 0.25) is 6.55 Å². The molecule has 0 atom stereocenters. The van der Waals surface area contributed by atoms with Crippen LogP contribution >= 0.6 is 11.1 Å². The first-order valence-corrected chi connectivity index (χ1v) is 15.5. The van der Waals surface area contributed by atoms with Gasteiger partial charge in [0.2, 0.25) is 0 Å². The van der Waals surface area contributed by atoms with Crippen LogP contribution in [0.15, 0.2) is 84.9 Å². The van der Waals surface area contributed by atoms with Crippen molar-refractivity contribution in [1.82, 2.24) is 0 Å². The summed E-state index contributed by atoms with van der Waals surface area (Å²) in [6.45, 7) is 2.10. The molecule has 4 aromatic rings. The van der Waals surface area contributed by atoms with Crippen molar-refractivity contribution < 1.29 is 47.8 Å². The predicted octanol–water partition coefficient (Wildman–Crippen LogP) is 0.0154. The summed E-state index contributed by atoms with van der Waals surface area (Å²) in [5, 5.41) is 5.39. The Morgan fingerprint density at radius 1 is 0.792 bits per heavy atom. The molecule has 124 valence electrons. The molecule has 0 aromatic heterocycles. The summed E-state index contributed by atoms with van der Waals surface area (Å²) in [5.74, 6) is 0. The van der Waals surface area contributed by atoms with E-state index in [0.717, 1.165) is 0 Å².